The van der Waals surface area contributed by atoms with Crippen LogP contribution in [-0.4, -0.2) is 33.8 Å². The highest BCUT2D eigenvalue weighted by Crippen LogP contribution is 2.29. The van der Waals surface area contributed by atoms with Gasteiger partial charge in [0.05, 0.1) is 5.52 Å². The number of nitrogens with one attached hydrogen (secondary N) is 3. The quantitative estimate of drug-likeness (QED) is 0.272. The molecule has 2 heterocycles. The monoisotopic (exact) mass is 574 g/mol. The molecular weight excluding hydrogens is 552 g/mol. The second-order valence-electron chi connectivity index (χ2n) is 8.82. The number of amides is 2. The van der Waals surface area contributed by atoms with E-state index in [2.05, 4.69) is 47.6 Å². The van der Waals surface area contributed by atoms with Gasteiger partial charge in [0.15, 0.2) is 0 Å². The van der Waals surface area contributed by atoms with Crippen molar-refractivity contribution in [2.24, 2.45) is 0 Å². The summed E-state index contributed by atoms with van der Waals surface area (Å²) in [5.74, 6) is -1.03. The van der Waals surface area contributed by atoms with Crippen molar-refractivity contribution in [2.75, 3.05) is 12.0 Å². The Morgan fingerprint density at radius 1 is 1.09 bits per heavy atom. The molecule has 0 fully saturated rings. The molecule has 0 spiro atoms. The molecule has 0 bridgehead atoms. The number of benzene rings is 2. The summed E-state index contributed by atoms with van der Waals surface area (Å²) in [6.45, 7) is 5.48. The molecule has 9 heteroatoms. The number of hydrogen-bond donors (Lipinski definition) is 3. The van der Waals surface area contributed by atoms with E-state index in [0.29, 0.717) is 0 Å². The van der Waals surface area contributed by atoms with Crippen LogP contribution in [0.3, 0.4) is 0 Å². The number of alkyl carbamates (subject to hydrolysis) is 1. The van der Waals surface area contributed by atoms with Crippen molar-refractivity contribution >= 4 is 65.7 Å². The maximum absolute atomic E-state index is 13.5. The topological polar surface area (TPSA) is 88.1 Å². The molecule has 7 nitrogen and oxygen atoms in total. The molecule has 0 aliphatic rings. The summed E-state index contributed by atoms with van der Waals surface area (Å²) < 4.78 is 8.95. The highest BCUT2D eigenvalue weighted by Gasteiger charge is 2.27. The summed E-state index contributed by atoms with van der Waals surface area (Å²) in [7, 11) is 0. The summed E-state index contributed by atoms with van der Waals surface area (Å²) in [5, 5.41) is 4.63. The number of hydrogen-bond acceptors (Lipinski definition) is 3. The van der Waals surface area contributed by atoms with Crippen molar-refractivity contribution in [1.82, 2.24) is 15.0 Å². The minimum Gasteiger partial charge on any atom is -0.448 e. The van der Waals surface area contributed by atoms with Gasteiger partial charge in [0.1, 0.15) is 12.5 Å². The summed E-state index contributed by atoms with van der Waals surface area (Å²) >= 11 is 6.97. The largest absolute Gasteiger partial charge is 0.448 e. The fourth-order valence-corrected chi connectivity index (χ4v) is 4.32. The smallest absolute Gasteiger partial charge is 0.407 e. The number of nitrogens with zero attached hydrogens (tertiary/aromatic N) is 1. The van der Waals surface area contributed by atoms with E-state index in [4.69, 9.17) is 4.74 Å². The van der Waals surface area contributed by atoms with E-state index in [1.54, 1.807) is 17.1 Å². The highest BCUT2D eigenvalue weighted by molar-refractivity contribution is 9.10. The van der Waals surface area contributed by atoms with Gasteiger partial charge in [-0.25, -0.2) is 4.79 Å². The normalized spacial score (nSPS) is 12.6. The van der Waals surface area contributed by atoms with Gasteiger partial charge < -0.3 is 15.0 Å². The fourth-order valence-electron chi connectivity index (χ4n) is 3.61. The van der Waals surface area contributed by atoms with Crippen LogP contribution in [0, 0.1) is 0 Å². The molecule has 0 saturated heterocycles. The number of H-pyrrole nitrogens is 1. The van der Waals surface area contributed by atoms with Crippen LogP contribution in [0.4, 0.5) is 4.79 Å². The molecule has 1 atom stereocenters. The number of carbonyl (C=O) groups is 2. The zero-order chi connectivity index (χ0) is 23.8. The Hall–Kier alpha value is -2.78. The van der Waals surface area contributed by atoms with Crippen LogP contribution < -0.4 is 10.7 Å². The molecule has 2 aromatic carbocycles. The predicted octanol–water partition coefficient (Wildman–Crippen LogP) is 6.03. The standard InChI is InChI=1S/C24H24Br2N4O3/c1-24(2,3)28-23(32)33-13-19(18-12-27-20-7-6-15(25)10-17(18)20)22(31)29-30-9-8-14-4-5-16(26)11-21(14)30/h4-12,19,27H,13H2,1-3H3,(H,28,32)(H,29,31). The van der Waals surface area contributed by atoms with Crippen LogP contribution in [0.2, 0.25) is 0 Å². The molecule has 3 N–H and O–H groups in total. The van der Waals surface area contributed by atoms with Crippen LogP contribution in [0.15, 0.2) is 63.8 Å². The van der Waals surface area contributed by atoms with Crippen LogP contribution in [0.5, 0.6) is 0 Å². The Bertz CT molecular complexity index is 1340. The van der Waals surface area contributed by atoms with Crippen LogP contribution >= 0.6 is 31.9 Å². The molecule has 2 aromatic heterocycles. The van der Waals surface area contributed by atoms with E-state index in [-0.39, 0.29) is 12.5 Å². The second-order valence-corrected chi connectivity index (χ2v) is 10.7. The zero-order valence-corrected chi connectivity index (χ0v) is 21.6. The van der Waals surface area contributed by atoms with Gasteiger partial charge in [0, 0.05) is 43.2 Å². The van der Waals surface area contributed by atoms with Crippen molar-refractivity contribution in [3.05, 3.63) is 69.4 Å². The average molecular weight is 576 g/mol. The van der Waals surface area contributed by atoms with E-state index in [1.807, 2.05) is 63.2 Å². The first kappa shape index (κ1) is 23.4. The molecule has 0 aliphatic carbocycles. The third-order valence-electron chi connectivity index (χ3n) is 5.11. The first-order chi connectivity index (χ1) is 15.6. The van der Waals surface area contributed by atoms with Gasteiger partial charge in [-0.05, 0) is 62.7 Å². The molecule has 0 aliphatic heterocycles. The zero-order valence-electron chi connectivity index (χ0n) is 18.4. The molecule has 4 aromatic rings. The Morgan fingerprint density at radius 2 is 1.82 bits per heavy atom. The van der Waals surface area contributed by atoms with Crippen LogP contribution in [-0.2, 0) is 9.53 Å². The number of carbonyl (C=O) groups excluding carboxylic acids is 2. The number of ether oxygens (including phenoxy) is 1. The maximum Gasteiger partial charge on any atom is 0.407 e. The molecule has 0 radical (unpaired) electrons. The maximum atomic E-state index is 13.5. The highest BCUT2D eigenvalue weighted by atomic mass is 79.9. The van der Waals surface area contributed by atoms with Gasteiger partial charge in [-0.1, -0.05) is 37.9 Å². The number of aromatic nitrogens is 2. The van der Waals surface area contributed by atoms with Gasteiger partial charge in [0.25, 0.3) is 0 Å². The van der Waals surface area contributed by atoms with Crippen molar-refractivity contribution in [1.29, 1.82) is 0 Å². The lowest BCUT2D eigenvalue weighted by atomic mass is 9.98. The first-order valence-corrected chi connectivity index (χ1v) is 12.0. The minimum atomic E-state index is -0.733. The Morgan fingerprint density at radius 3 is 2.58 bits per heavy atom. The first-order valence-electron chi connectivity index (χ1n) is 10.4. The van der Waals surface area contributed by atoms with Gasteiger partial charge in [-0.15, -0.1) is 0 Å². The van der Waals surface area contributed by atoms with Crippen molar-refractivity contribution in [3.63, 3.8) is 0 Å². The fraction of sp³-hybridized carbons (Fsp3) is 0.250. The average Bonchev–Trinajstić information content (AvgIpc) is 3.31. The summed E-state index contributed by atoms with van der Waals surface area (Å²) in [5.41, 5.74) is 4.99. The van der Waals surface area contributed by atoms with Crippen molar-refractivity contribution < 1.29 is 14.3 Å². The van der Waals surface area contributed by atoms with E-state index >= 15 is 0 Å². The predicted molar refractivity (Wildman–Crippen MR) is 137 cm³/mol. The number of fused-ring (bicyclic) bond motifs is 2. The minimum absolute atomic E-state index is 0.115. The Kier molecular flexibility index (Phi) is 6.54. The number of halogens is 2. The molecule has 2 amide bonds. The second kappa shape index (κ2) is 9.23. The van der Waals surface area contributed by atoms with Gasteiger partial charge in [0.2, 0.25) is 5.91 Å². The third kappa shape index (κ3) is 5.42. The van der Waals surface area contributed by atoms with Gasteiger partial charge in [-0.3, -0.25) is 14.9 Å². The van der Waals surface area contributed by atoms with Crippen LogP contribution in [0.1, 0.15) is 32.3 Å². The summed E-state index contributed by atoms with van der Waals surface area (Å²) in [6, 6.07) is 13.6. The third-order valence-corrected chi connectivity index (χ3v) is 6.10. The Balaban J connectivity index is 1.65. The van der Waals surface area contributed by atoms with Gasteiger partial charge in [-0.2, -0.15) is 0 Å². The van der Waals surface area contributed by atoms with E-state index < -0.39 is 17.6 Å². The van der Waals surface area contributed by atoms with Crippen LogP contribution in [0.25, 0.3) is 21.8 Å². The van der Waals surface area contributed by atoms with E-state index in [0.717, 1.165) is 36.3 Å². The van der Waals surface area contributed by atoms with Gasteiger partial charge >= 0.3 is 6.09 Å². The molecule has 4 rings (SSSR count). The SMILES string of the molecule is CC(C)(C)NC(=O)OCC(C(=O)Nn1ccc2ccc(Br)cc21)c1c[nH]c2ccc(Br)cc12. The summed E-state index contributed by atoms with van der Waals surface area (Å²) in [6.07, 6.45) is 3.01. The molecule has 172 valence electrons. The Labute approximate surface area is 208 Å². The van der Waals surface area contributed by atoms with Crippen molar-refractivity contribution in [2.45, 2.75) is 32.2 Å². The van der Waals surface area contributed by atoms with E-state index in [9.17, 15) is 9.59 Å². The lowest BCUT2D eigenvalue weighted by Crippen LogP contribution is -2.42. The summed E-state index contributed by atoms with van der Waals surface area (Å²) in [4.78, 5) is 29.0. The molecule has 1 unspecified atom stereocenters. The number of aromatic amines is 1. The lowest BCUT2D eigenvalue weighted by Gasteiger charge is -2.22. The molecule has 33 heavy (non-hydrogen) atoms. The van der Waals surface area contributed by atoms with E-state index in [1.165, 1.54) is 0 Å². The van der Waals surface area contributed by atoms with Crippen molar-refractivity contribution in [3.8, 4) is 0 Å². The molecule has 0 saturated carbocycles. The lowest BCUT2D eigenvalue weighted by molar-refractivity contribution is -0.119. The molecular formula is C24H24Br2N4O3. The number of rotatable bonds is 5.